The van der Waals surface area contributed by atoms with E-state index in [-0.39, 0.29) is 0 Å². The molecule has 0 aromatic heterocycles. The van der Waals surface area contributed by atoms with Crippen LogP contribution in [0, 0.1) is 17.3 Å². The van der Waals surface area contributed by atoms with Gasteiger partial charge < -0.3 is 28.4 Å². The number of ketones is 2. The number of carbonyl (C=O) groups excluding carboxylic acids is 8. The van der Waals surface area contributed by atoms with E-state index in [0.29, 0.717) is 0 Å². The van der Waals surface area contributed by atoms with E-state index in [1.807, 2.05) is 0 Å². The van der Waals surface area contributed by atoms with Crippen LogP contribution in [0.25, 0.3) is 0 Å². The fraction of sp³-hybridized carbons (Fsp3) is 0.625. The van der Waals surface area contributed by atoms with Gasteiger partial charge in [0.25, 0.3) is 0 Å². The predicted octanol–water partition coefficient (Wildman–Crippen LogP) is 2.28. The van der Waals surface area contributed by atoms with Crippen LogP contribution in [0.3, 0.4) is 0 Å². The molecular formula is C32H42O14. The van der Waals surface area contributed by atoms with Crippen molar-refractivity contribution in [2.75, 3.05) is 0 Å². The lowest BCUT2D eigenvalue weighted by Gasteiger charge is -2.42. The summed E-state index contributed by atoms with van der Waals surface area (Å²) in [5.74, 6) is -9.97. The highest BCUT2D eigenvalue weighted by Gasteiger charge is 2.72. The maximum Gasteiger partial charge on any atom is 0.303 e. The second-order valence-corrected chi connectivity index (χ2v) is 12.4. The molecule has 1 saturated carbocycles. The molecule has 46 heavy (non-hydrogen) atoms. The fourth-order valence-corrected chi connectivity index (χ4v) is 6.20. The summed E-state index contributed by atoms with van der Waals surface area (Å²) in [4.78, 5) is 104. The number of hydrogen-bond donors (Lipinski definition) is 0. The van der Waals surface area contributed by atoms with Gasteiger partial charge in [0.1, 0.15) is 6.10 Å². The normalized spacial score (nSPS) is 32.5. The van der Waals surface area contributed by atoms with Crippen LogP contribution >= 0.6 is 0 Å². The Morgan fingerprint density at radius 2 is 1.13 bits per heavy atom. The van der Waals surface area contributed by atoms with E-state index in [2.05, 4.69) is 6.58 Å². The van der Waals surface area contributed by atoms with Crippen LogP contribution in [0.5, 0.6) is 0 Å². The molecule has 2 rings (SSSR count). The molecule has 254 valence electrons. The van der Waals surface area contributed by atoms with Crippen LogP contribution in [0.4, 0.5) is 0 Å². The number of rotatable bonds is 6. The SMILES string of the molecule is C=C1[C@H](OC(C)=O)[C@H]2[C@@H](OC(C)=O)[C@](C)(OC(C)=O)C[C@]2(OC(C)=O)C(=O)[C@H](C)C=CC(C)(C)C(=O)[C@H](OC(C)=O)[C@H]1OC(C)=O. The molecule has 0 spiro atoms. The van der Waals surface area contributed by atoms with Crippen molar-refractivity contribution in [1.29, 1.82) is 0 Å². The molecule has 0 aromatic carbocycles. The Bertz CT molecular complexity index is 1360. The summed E-state index contributed by atoms with van der Waals surface area (Å²) in [6.45, 7) is 15.9. The van der Waals surface area contributed by atoms with Crippen molar-refractivity contribution in [3.63, 3.8) is 0 Å². The maximum absolute atomic E-state index is 14.6. The Balaban J connectivity index is 3.21. The average molecular weight is 651 g/mol. The Hall–Kier alpha value is -4.36. The maximum atomic E-state index is 14.6. The average Bonchev–Trinajstić information content (AvgIpc) is 3.11. The van der Waals surface area contributed by atoms with Gasteiger partial charge in [-0.15, -0.1) is 0 Å². The van der Waals surface area contributed by atoms with Crippen LogP contribution < -0.4 is 0 Å². The molecule has 0 saturated heterocycles. The third-order valence-electron chi connectivity index (χ3n) is 7.81. The summed E-state index contributed by atoms with van der Waals surface area (Å²) in [5, 5.41) is 0. The number of fused-ring (bicyclic) bond motifs is 1. The number of Topliss-reactive ketones (excluding diaryl/α,β-unsaturated/α-hetero) is 2. The van der Waals surface area contributed by atoms with Gasteiger partial charge in [0.15, 0.2) is 35.0 Å². The van der Waals surface area contributed by atoms with Crippen LogP contribution in [-0.4, -0.2) is 83.0 Å². The van der Waals surface area contributed by atoms with Gasteiger partial charge >= 0.3 is 35.8 Å². The molecule has 2 aliphatic carbocycles. The third kappa shape index (κ3) is 8.07. The lowest BCUT2D eigenvalue weighted by Crippen LogP contribution is -2.58. The van der Waals surface area contributed by atoms with Crippen molar-refractivity contribution in [1.82, 2.24) is 0 Å². The first-order valence-electron chi connectivity index (χ1n) is 14.5. The van der Waals surface area contributed by atoms with E-state index in [1.165, 1.54) is 39.8 Å². The zero-order chi connectivity index (χ0) is 35.5. The van der Waals surface area contributed by atoms with E-state index in [0.717, 1.165) is 41.5 Å². The highest BCUT2D eigenvalue weighted by molar-refractivity contribution is 5.95. The standard InChI is InChI=1S/C32H42O14/c1-15-12-13-30(9,10)28(40)26(43-19(5)35)25(42-18(4)34)16(2)24(41-17(3)33)23-29(44-20(6)36)31(11,45-21(7)37)14-32(23,27(15)39)46-22(8)38/h12-13,15,23-26,29H,2,14H2,1,3-11H3/t15-,23+,24+,25+,26-,29-,31-,32-/m1/s1. The zero-order valence-electron chi connectivity index (χ0n) is 27.7. The molecule has 14 nitrogen and oxygen atoms in total. The van der Waals surface area contributed by atoms with Crippen molar-refractivity contribution in [2.24, 2.45) is 17.3 Å². The molecule has 0 aliphatic heterocycles. The van der Waals surface area contributed by atoms with E-state index in [9.17, 15) is 38.4 Å². The van der Waals surface area contributed by atoms with Crippen molar-refractivity contribution in [2.45, 2.75) is 111 Å². The first-order chi connectivity index (χ1) is 21.0. The number of esters is 6. The summed E-state index contributed by atoms with van der Waals surface area (Å²) in [5.41, 5.74) is -6.07. The minimum absolute atomic E-state index is 0.392. The van der Waals surface area contributed by atoms with E-state index in [1.54, 1.807) is 0 Å². The highest BCUT2D eigenvalue weighted by atomic mass is 16.6. The number of hydrogen-bond acceptors (Lipinski definition) is 14. The van der Waals surface area contributed by atoms with Gasteiger partial charge in [0.2, 0.25) is 6.10 Å². The molecule has 0 heterocycles. The summed E-state index contributed by atoms with van der Waals surface area (Å²) < 4.78 is 33.7. The van der Waals surface area contributed by atoms with Crippen molar-refractivity contribution < 1.29 is 66.8 Å². The van der Waals surface area contributed by atoms with E-state index >= 15 is 0 Å². The second kappa shape index (κ2) is 14.0. The molecule has 8 atom stereocenters. The number of carbonyl (C=O) groups is 8. The van der Waals surface area contributed by atoms with Crippen LogP contribution in [0.2, 0.25) is 0 Å². The van der Waals surface area contributed by atoms with Gasteiger partial charge in [-0.25, -0.2) is 0 Å². The Labute approximate surface area is 267 Å². The zero-order valence-corrected chi connectivity index (χ0v) is 27.7. The van der Waals surface area contributed by atoms with Gasteiger partial charge in [0, 0.05) is 64.9 Å². The van der Waals surface area contributed by atoms with E-state index in [4.69, 9.17) is 28.4 Å². The van der Waals surface area contributed by atoms with Gasteiger partial charge in [-0.2, -0.15) is 0 Å². The van der Waals surface area contributed by atoms with Crippen molar-refractivity contribution >= 4 is 47.4 Å². The largest absolute Gasteiger partial charge is 0.458 e. The fourth-order valence-electron chi connectivity index (χ4n) is 6.20. The van der Waals surface area contributed by atoms with Gasteiger partial charge in [-0.1, -0.05) is 25.7 Å². The van der Waals surface area contributed by atoms with Gasteiger partial charge in [0.05, 0.1) is 5.92 Å². The van der Waals surface area contributed by atoms with Crippen LogP contribution in [0.1, 0.15) is 75.7 Å². The molecular weight excluding hydrogens is 608 g/mol. The molecule has 14 heteroatoms. The molecule has 2 aliphatic rings. The quantitative estimate of drug-likeness (QED) is 0.231. The lowest BCUT2D eigenvalue weighted by molar-refractivity contribution is -0.191. The third-order valence-corrected chi connectivity index (χ3v) is 7.81. The lowest BCUT2D eigenvalue weighted by atomic mass is 9.72. The summed E-state index contributed by atoms with van der Waals surface area (Å²) in [7, 11) is 0. The second-order valence-electron chi connectivity index (χ2n) is 12.4. The Morgan fingerprint density at radius 3 is 1.59 bits per heavy atom. The topological polar surface area (TPSA) is 192 Å². The number of ether oxygens (including phenoxy) is 6. The molecule has 1 fully saturated rings. The highest BCUT2D eigenvalue weighted by Crippen LogP contribution is 2.54. The van der Waals surface area contributed by atoms with Crippen molar-refractivity contribution in [3.05, 3.63) is 24.3 Å². The monoisotopic (exact) mass is 650 g/mol. The Kier molecular flexibility index (Phi) is 11.5. The smallest absolute Gasteiger partial charge is 0.303 e. The molecule has 0 bridgehead atoms. The molecule has 0 N–H and O–H groups in total. The Morgan fingerprint density at radius 1 is 0.674 bits per heavy atom. The first kappa shape index (κ1) is 37.8. The summed E-state index contributed by atoms with van der Waals surface area (Å²) >= 11 is 0. The summed E-state index contributed by atoms with van der Waals surface area (Å²) in [6.07, 6.45) is -5.02. The minimum Gasteiger partial charge on any atom is -0.458 e. The molecule has 0 unspecified atom stereocenters. The summed E-state index contributed by atoms with van der Waals surface area (Å²) in [6, 6.07) is 0. The van der Waals surface area contributed by atoms with Gasteiger partial charge in [-0.05, 0) is 20.8 Å². The van der Waals surface area contributed by atoms with Crippen LogP contribution in [0.15, 0.2) is 24.3 Å². The van der Waals surface area contributed by atoms with E-state index < -0.39 is 112 Å². The molecule has 0 aromatic rings. The predicted molar refractivity (Wildman–Crippen MR) is 156 cm³/mol. The van der Waals surface area contributed by atoms with Crippen molar-refractivity contribution in [3.8, 4) is 0 Å². The molecule has 0 amide bonds. The minimum atomic E-state index is -2.34. The van der Waals surface area contributed by atoms with Gasteiger partial charge in [-0.3, -0.25) is 38.4 Å². The first-order valence-corrected chi connectivity index (χ1v) is 14.5. The number of allylic oxidation sites excluding steroid dienone is 2. The van der Waals surface area contributed by atoms with Crippen LogP contribution in [-0.2, 0) is 66.8 Å². The molecule has 0 radical (unpaired) electrons.